The second-order valence-electron chi connectivity index (χ2n) is 13.3. The van der Waals surface area contributed by atoms with Crippen molar-refractivity contribution in [2.45, 2.75) is 12.8 Å². The maximum absolute atomic E-state index is 2.44. The Labute approximate surface area is 278 Å². The monoisotopic (exact) mass is 610 g/mol. The topological polar surface area (TPSA) is 8.17 Å². The van der Waals surface area contributed by atoms with Crippen molar-refractivity contribution in [3.8, 4) is 27.9 Å². The van der Waals surface area contributed by atoms with Crippen LogP contribution in [0.1, 0.15) is 11.1 Å². The molecule has 0 saturated heterocycles. The lowest BCUT2D eigenvalue weighted by molar-refractivity contribution is 0.837. The molecule has 11 rings (SSSR count). The van der Waals surface area contributed by atoms with Crippen LogP contribution in [0, 0.1) is 0 Å². The molecule has 0 bridgehead atoms. The van der Waals surface area contributed by atoms with E-state index in [0.29, 0.717) is 0 Å². The second kappa shape index (κ2) is 9.70. The molecule has 1 heterocycles. The average molecular weight is 611 g/mol. The third-order valence-electron chi connectivity index (χ3n) is 10.7. The number of anilines is 3. The van der Waals surface area contributed by atoms with Gasteiger partial charge in [0.15, 0.2) is 0 Å². The summed E-state index contributed by atoms with van der Waals surface area (Å²) in [6.45, 7) is 0. The van der Waals surface area contributed by atoms with Crippen molar-refractivity contribution in [1.82, 2.24) is 4.57 Å². The summed E-state index contributed by atoms with van der Waals surface area (Å²) < 4.78 is 2.41. The summed E-state index contributed by atoms with van der Waals surface area (Å²) in [6, 6.07) is 58.5. The van der Waals surface area contributed by atoms with Crippen LogP contribution in [-0.4, -0.2) is 4.57 Å². The average Bonchev–Trinajstić information content (AvgIpc) is 3.46. The number of hydrogen-bond donors (Lipinski definition) is 0. The van der Waals surface area contributed by atoms with Gasteiger partial charge in [-0.1, -0.05) is 78.9 Å². The molecule has 9 aromatic rings. The van der Waals surface area contributed by atoms with Crippen LogP contribution >= 0.6 is 0 Å². The number of aromatic nitrogens is 1. The van der Waals surface area contributed by atoms with Crippen LogP contribution in [-0.2, 0) is 12.8 Å². The van der Waals surface area contributed by atoms with Gasteiger partial charge in [0.05, 0.1) is 11.0 Å². The van der Waals surface area contributed by atoms with Gasteiger partial charge in [-0.2, -0.15) is 0 Å². The summed E-state index contributed by atoms with van der Waals surface area (Å²) in [6.07, 6.45) is 2.31. The minimum atomic E-state index is 1.14. The summed E-state index contributed by atoms with van der Waals surface area (Å²) in [5.74, 6) is 0. The third-order valence-corrected chi connectivity index (χ3v) is 10.7. The first-order valence-electron chi connectivity index (χ1n) is 16.9. The number of aryl methyl sites for hydroxylation is 1. The second-order valence-corrected chi connectivity index (χ2v) is 13.3. The Morgan fingerprint density at radius 3 is 1.69 bits per heavy atom. The molecule has 8 aromatic carbocycles. The summed E-state index contributed by atoms with van der Waals surface area (Å²) in [5.41, 5.74) is 15.7. The van der Waals surface area contributed by atoms with Crippen molar-refractivity contribution in [2.75, 3.05) is 4.90 Å². The number of nitrogens with zero attached hydrogens (tertiary/aromatic N) is 2. The minimum absolute atomic E-state index is 1.14. The van der Waals surface area contributed by atoms with Crippen molar-refractivity contribution in [2.24, 2.45) is 0 Å². The van der Waals surface area contributed by atoms with Gasteiger partial charge in [0, 0.05) is 33.5 Å². The largest absolute Gasteiger partial charge is 0.310 e. The SMILES string of the molecule is c1ccc(N(c2ccc3cc4c(cc3c2)-c2cc3cc(-n5c6ccccc6c6ccccc65)ccc3cc2-4)c2cccc3c2CC3)cc1. The normalized spacial score (nSPS) is 12.8. The summed E-state index contributed by atoms with van der Waals surface area (Å²) in [4.78, 5) is 2.44. The lowest BCUT2D eigenvalue weighted by atomic mass is 9.78. The van der Waals surface area contributed by atoms with Crippen LogP contribution in [0.2, 0.25) is 0 Å². The van der Waals surface area contributed by atoms with Crippen molar-refractivity contribution in [3.05, 3.63) is 169 Å². The molecule has 224 valence electrons. The van der Waals surface area contributed by atoms with Gasteiger partial charge in [0.1, 0.15) is 0 Å². The van der Waals surface area contributed by atoms with E-state index in [4.69, 9.17) is 0 Å². The lowest BCUT2D eigenvalue weighted by Crippen LogP contribution is -2.17. The predicted molar refractivity (Wildman–Crippen MR) is 202 cm³/mol. The molecule has 2 aliphatic rings. The number of para-hydroxylation sites is 3. The standard InChI is InChI=1S/C46H30N2/c1-2-10-34(11-3-1)47(44-16-8-9-29-19-22-37(29)44)35-20-17-30-25-40-41-26-31-18-21-36(24-33(31)28-43(41)42(40)27-32(30)23-35)48-45-14-6-4-12-38(45)39-13-5-7-15-46(39)48/h1-18,20-21,23-28H,19,22H2. The number of benzene rings is 8. The van der Waals surface area contributed by atoms with E-state index in [1.54, 1.807) is 0 Å². The molecule has 2 aliphatic carbocycles. The van der Waals surface area contributed by atoms with Crippen LogP contribution in [0.5, 0.6) is 0 Å². The van der Waals surface area contributed by atoms with E-state index in [9.17, 15) is 0 Å². The Bertz CT molecular complexity index is 2730. The van der Waals surface area contributed by atoms with Gasteiger partial charge in [-0.15, -0.1) is 0 Å². The van der Waals surface area contributed by atoms with Gasteiger partial charge >= 0.3 is 0 Å². The van der Waals surface area contributed by atoms with Crippen molar-refractivity contribution in [3.63, 3.8) is 0 Å². The Balaban J connectivity index is 1.03. The first-order valence-corrected chi connectivity index (χ1v) is 16.9. The van der Waals surface area contributed by atoms with E-state index >= 15 is 0 Å². The molecule has 0 unspecified atom stereocenters. The highest BCUT2D eigenvalue weighted by atomic mass is 15.1. The van der Waals surface area contributed by atoms with E-state index in [1.807, 2.05) is 0 Å². The zero-order valence-corrected chi connectivity index (χ0v) is 26.3. The molecule has 0 atom stereocenters. The maximum Gasteiger partial charge on any atom is 0.0541 e. The molecule has 1 aromatic heterocycles. The number of rotatable bonds is 4. The van der Waals surface area contributed by atoms with Gasteiger partial charge in [-0.05, 0) is 147 Å². The van der Waals surface area contributed by atoms with Gasteiger partial charge in [0.2, 0.25) is 0 Å². The highest BCUT2D eigenvalue weighted by molar-refractivity contribution is 6.13. The summed E-state index contributed by atoms with van der Waals surface area (Å²) in [5, 5.41) is 7.67. The van der Waals surface area contributed by atoms with E-state index in [2.05, 4.69) is 167 Å². The quantitative estimate of drug-likeness (QED) is 0.192. The fourth-order valence-corrected chi connectivity index (χ4v) is 8.32. The van der Waals surface area contributed by atoms with Crippen LogP contribution in [0.25, 0.3) is 71.3 Å². The van der Waals surface area contributed by atoms with Gasteiger partial charge in [-0.25, -0.2) is 0 Å². The summed E-state index contributed by atoms with van der Waals surface area (Å²) >= 11 is 0. The van der Waals surface area contributed by atoms with Crippen LogP contribution in [0.3, 0.4) is 0 Å². The lowest BCUT2D eigenvalue weighted by Gasteiger charge is -2.32. The van der Waals surface area contributed by atoms with E-state index < -0.39 is 0 Å². The Morgan fingerprint density at radius 2 is 1.02 bits per heavy atom. The molecule has 0 spiro atoms. The number of hydrogen-bond acceptors (Lipinski definition) is 1. The van der Waals surface area contributed by atoms with Crippen molar-refractivity contribution < 1.29 is 0 Å². The van der Waals surface area contributed by atoms with Gasteiger partial charge in [0.25, 0.3) is 0 Å². The molecular weight excluding hydrogens is 581 g/mol. The number of fused-ring (bicyclic) bond motifs is 10. The first kappa shape index (κ1) is 26.0. The zero-order chi connectivity index (χ0) is 31.3. The molecule has 2 heteroatoms. The van der Waals surface area contributed by atoms with E-state index in [-0.39, 0.29) is 0 Å². The Morgan fingerprint density at radius 1 is 0.417 bits per heavy atom. The van der Waals surface area contributed by atoms with Crippen LogP contribution in [0.15, 0.2) is 158 Å². The minimum Gasteiger partial charge on any atom is -0.310 e. The van der Waals surface area contributed by atoms with Crippen molar-refractivity contribution >= 4 is 60.4 Å². The molecule has 0 aliphatic heterocycles. The molecule has 0 amide bonds. The maximum atomic E-state index is 2.44. The molecular formula is C46H30N2. The van der Waals surface area contributed by atoms with E-state index in [1.165, 1.54) is 106 Å². The van der Waals surface area contributed by atoms with E-state index in [0.717, 1.165) is 6.42 Å². The molecule has 0 saturated carbocycles. The molecule has 0 radical (unpaired) electrons. The van der Waals surface area contributed by atoms with Crippen LogP contribution < -0.4 is 4.90 Å². The Kier molecular flexibility index (Phi) is 5.25. The third kappa shape index (κ3) is 3.63. The molecule has 0 N–H and O–H groups in total. The smallest absolute Gasteiger partial charge is 0.0541 e. The van der Waals surface area contributed by atoms with Gasteiger partial charge < -0.3 is 9.47 Å². The Hall–Kier alpha value is -6.12. The first-order chi connectivity index (χ1) is 23.8. The van der Waals surface area contributed by atoms with Crippen LogP contribution in [0.4, 0.5) is 17.1 Å². The molecule has 2 nitrogen and oxygen atoms in total. The summed E-state index contributed by atoms with van der Waals surface area (Å²) in [7, 11) is 0. The zero-order valence-electron chi connectivity index (χ0n) is 26.3. The predicted octanol–water partition coefficient (Wildman–Crippen LogP) is 12.3. The fourth-order valence-electron chi connectivity index (χ4n) is 8.32. The fraction of sp³-hybridized carbons (Fsp3) is 0.0435. The van der Waals surface area contributed by atoms with Gasteiger partial charge in [-0.3, -0.25) is 0 Å². The molecule has 0 fully saturated rings. The highest BCUT2D eigenvalue weighted by Gasteiger charge is 2.26. The highest BCUT2D eigenvalue weighted by Crippen LogP contribution is 2.51. The van der Waals surface area contributed by atoms with Crippen molar-refractivity contribution in [1.29, 1.82) is 0 Å². The molecule has 48 heavy (non-hydrogen) atoms.